The van der Waals surface area contributed by atoms with E-state index in [0.717, 1.165) is 11.8 Å². The maximum absolute atomic E-state index is 14.1. The molecule has 16 N–H and O–H groups in total. The number of hydrogen-bond acceptors (Lipinski definition) is 15. The summed E-state index contributed by atoms with van der Waals surface area (Å²) in [4.78, 5) is 158. The predicted molar refractivity (Wildman–Crippen MR) is 269 cm³/mol. The number of nitrogens with two attached hydrogens (primary N) is 3. The highest BCUT2D eigenvalue weighted by Crippen LogP contribution is 2.20. The third-order valence-electron chi connectivity index (χ3n) is 11.8. The third-order valence-corrected chi connectivity index (χ3v) is 12.4. The molecule has 0 aromatic heterocycles. The highest BCUT2D eigenvalue weighted by Gasteiger charge is 2.41. The lowest BCUT2D eigenvalue weighted by Gasteiger charge is -2.30. The number of carbonyl (C=O) groups is 12. The Labute approximate surface area is 436 Å². The summed E-state index contributed by atoms with van der Waals surface area (Å²) < 4.78 is 0. The number of hydrogen-bond donors (Lipinski definition) is 13. The van der Waals surface area contributed by atoms with Crippen molar-refractivity contribution in [3.63, 3.8) is 0 Å². The van der Waals surface area contributed by atoms with Gasteiger partial charge < -0.3 is 74.6 Å². The lowest BCUT2D eigenvalue weighted by molar-refractivity contribution is -0.144. The summed E-state index contributed by atoms with van der Waals surface area (Å²) in [6.07, 6.45) is -2.32. The van der Waals surface area contributed by atoms with E-state index in [2.05, 4.69) is 37.2 Å². The number of rotatable bonds is 31. The molecule has 10 unspecified atom stereocenters. The summed E-state index contributed by atoms with van der Waals surface area (Å²) in [5, 5.41) is 46.3. The van der Waals surface area contributed by atoms with Crippen LogP contribution in [-0.2, 0) is 70.4 Å². The molecule has 10 amide bonds. The van der Waals surface area contributed by atoms with E-state index in [9.17, 15) is 72.9 Å². The van der Waals surface area contributed by atoms with Crippen molar-refractivity contribution in [1.29, 1.82) is 0 Å². The van der Waals surface area contributed by atoms with Gasteiger partial charge in [-0.3, -0.25) is 52.7 Å². The fourth-order valence-electron chi connectivity index (χ4n) is 7.75. The number of aliphatic hydroxyl groups excluding tert-OH is 1. The molecule has 75 heavy (non-hydrogen) atoms. The molecule has 410 valence electrons. The molecular weight excluding hydrogens is 1000 g/mol. The molecule has 2 aromatic rings. The average Bonchev–Trinajstić information content (AvgIpc) is 3.85. The summed E-state index contributed by atoms with van der Waals surface area (Å²) >= 11 is 1.46. The Morgan fingerprint density at radius 3 is 1.67 bits per heavy atom. The Morgan fingerprint density at radius 1 is 0.627 bits per heavy atom. The Bertz CT molecular complexity index is 2360. The van der Waals surface area contributed by atoms with Gasteiger partial charge in [0.25, 0.3) is 0 Å². The molecule has 10 atom stereocenters. The molecule has 3 rings (SSSR count). The summed E-state index contributed by atoms with van der Waals surface area (Å²) in [5.41, 5.74) is 18.1. The molecule has 1 fully saturated rings. The molecule has 0 radical (unpaired) electrons. The quantitative estimate of drug-likeness (QED) is 0.0343. The molecule has 1 heterocycles. The minimum absolute atomic E-state index is 0.0347. The zero-order valence-corrected chi connectivity index (χ0v) is 42.5. The first-order valence-corrected chi connectivity index (χ1v) is 25.3. The number of likely N-dealkylation sites (tertiary alicyclic amines) is 1. The van der Waals surface area contributed by atoms with Gasteiger partial charge in [0, 0.05) is 25.8 Å². The van der Waals surface area contributed by atoms with E-state index in [4.69, 9.17) is 17.2 Å². The van der Waals surface area contributed by atoms with E-state index in [-0.39, 0.29) is 32.2 Å². The number of primary amides is 2. The lowest BCUT2D eigenvalue weighted by atomic mass is 10.0. The first-order chi connectivity index (χ1) is 35.4. The van der Waals surface area contributed by atoms with E-state index in [1.54, 1.807) is 60.7 Å². The van der Waals surface area contributed by atoms with Crippen molar-refractivity contribution in [2.24, 2.45) is 17.2 Å². The number of nitrogens with one attached hydrogen (secondary N) is 7. The normalized spacial score (nSPS) is 16.6. The molecule has 0 saturated carbocycles. The van der Waals surface area contributed by atoms with Crippen LogP contribution in [0.2, 0.25) is 0 Å². The van der Waals surface area contributed by atoms with E-state index in [1.165, 1.54) is 18.7 Å². The number of carboxylic acid groups (broad SMARTS) is 2. The third kappa shape index (κ3) is 20.6. The smallest absolute Gasteiger partial charge is 0.326 e. The molecule has 1 saturated heterocycles. The molecule has 0 bridgehead atoms. The molecular formula is C48H67N11O15S. The predicted octanol–water partition coefficient (Wildman–Crippen LogP) is -3.96. The minimum atomic E-state index is -1.81. The van der Waals surface area contributed by atoms with Gasteiger partial charge in [0.2, 0.25) is 59.1 Å². The number of aliphatic hydroxyl groups is 1. The second-order valence-electron chi connectivity index (χ2n) is 17.8. The highest BCUT2D eigenvalue weighted by atomic mass is 32.2. The Morgan fingerprint density at radius 2 is 1.13 bits per heavy atom. The average molecular weight is 1070 g/mol. The molecule has 1 aliphatic rings. The zero-order chi connectivity index (χ0) is 55.9. The van der Waals surface area contributed by atoms with Crippen molar-refractivity contribution in [2.45, 2.75) is 132 Å². The number of benzene rings is 2. The lowest BCUT2D eigenvalue weighted by Crippen LogP contribution is -2.61. The molecule has 0 aliphatic carbocycles. The Hall–Kier alpha value is -7.65. The molecule has 27 heteroatoms. The van der Waals surface area contributed by atoms with Crippen LogP contribution < -0.4 is 54.4 Å². The summed E-state index contributed by atoms with van der Waals surface area (Å²) in [7, 11) is 0. The van der Waals surface area contributed by atoms with Crippen LogP contribution in [0.15, 0.2) is 60.7 Å². The van der Waals surface area contributed by atoms with Gasteiger partial charge >= 0.3 is 11.9 Å². The van der Waals surface area contributed by atoms with Gasteiger partial charge in [-0.25, -0.2) is 4.79 Å². The van der Waals surface area contributed by atoms with Gasteiger partial charge in [0.05, 0.1) is 25.0 Å². The van der Waals surface area contributed by atoms with Gasteiger partial charge in [-0.1, -0.05) is 60.7 Å². The highest BCUT2D eigenvalue weighted by molar-refractivity contribution is 7.98. The first kappa shape index (κ1) is 61.6. The van der Waals surface area contributed by atoms with Crippen LogP contribution in [0.5, 0.6) is 0 Å². The molecule has 0 spiro atoms. The van der Waals surface area contributed by atoms with Gasteiger partial charge in [-0.15, -0.1) is 0 Å². The number of carbonyl (C=O) groups excluding carboxylic acids is 10. The summed E-state index contributed by atoms with van der Waals surface area (Å²) in [6.45, 7) is 2.18. The van der Waals surface area contributed by atoms with Gasteiger partial charge in [0.1, 0.15) is 48.3 Å². The topological polar surface area (TPSA) is 431 Å². The number of amides is 10. The summed E-state index contributed by atoms with van der Waals surface area (Å²) in [6, 6.07) is 3.20. The van der Waals surface area contributed by atoms with Crippen LogP contribution in [0.25, 0.3) is 0 Å². The van der Waals surface area contributed by atoms with Crippen LogP contribution in [0, 0.1) is 0 Å². The van der Waals surface area contributed by atoms with E-state index < -0.39 is 157 Å². The number of carboxylic acids is 2. The van der Waals surface area contributed by atoms with E-state index in [1.807, 2.05) is 6.26 Å². The number of nitrogens with zero attached hydrogens (tertiary/aromatic N) is 1. The largest absolute Gasteiger partial charge is 0.481 e. The van der Waals surface area contributed by atoms with Crippen molar-refractivity contribution < 1.29 is 72.9 Å². The number of thioether (sulfide) groups is 1. The van der Waals surface area contributed by atoms with E-state index >= 15 is 0 Å². The van der Waals surface area contributed by atoms with Gasteiger partial charge in [-0.2, -0.15) is 11.8 Å². The maximum Gasteiger partial charge on any atom is 0.326 e. The second-order valence-corrected chi connectivity index (χ2v) is 18.8. The Kier molecular flexibility index (Phi) is 25.1. The van der Waals surface area contributed by atoms with Crippen molar-refractivity contribution in [2.75, 3.05) is 18.6 Å². The Balaban J connectivity index is 1.76. The van der Waals surface area contributed by atoms with Crippen molar-refractivity contribution in [3.05, 3.63) is 71.8 Å². The molecule has 1 aliphatic heterocycles. The van der Waals surface area contributed by atoms with Crippen molar-refractivity contribution in [1.82, 2.24) is 42.1 Å². The SMILES string of the molecule is CSCCC(N)C(=O)NC(Cc1ccccc1)C(=O)NC(CCC(=O)O)C(=O)NC(C)C(=O)NC(CC(N)=O)C(=O)N1CCCC1C(=O)NC(CC(N)=O)C(=O)NC(C(=O)NC(Cc1ccccc1)C(=O)O)C(C)O. The second kappa shape index (κ2) is 30.5. The zero-order valence-electron chi connectivity index (χ0n) is 41.7. The minimum Gasteiger partial charge on any atom is -0.481 e. The molecule has 26 nitrogen and oxygen atoms in total. The van der Waals surface area contributed by atoms with Gasteiger partial charge in [0.15, 0.2) is 0 Å². The fourth-order valence-corrected chi connectivity index (χ4v) is 8.24. The monoisotopic (exact) mass is 1070 g/mol. The maximum atomic E-state index is 14.1. The van der Waals surface area contributed by atoms with Crippen LogP contribution in [0.4, 0.5) is 0 Å². The number of aliphatic carboxylic acids is 2. The van der Waals surface area contributed by atoms with Gasteiger partial charge in [-0.05, 0) is 62.7 Å². The van der Waals surface area contributed by atoms with E-state index in [0.29, 0.717) is 23.3 Å². The van der Waals surface area contributed by atoms with Crippen molar-refractivity contribution in [3.8, 4) is 0 Å². The van der Waals surface area contributed by atoms with Crippen LogP contribution >= 0.6 is 11.8 Å². The van der Waals surface area contributed by atoms with Crippen LogP contribution in [0.3, 0.4) is 0 Å². The van der Waals surface area contributed by atoms with Crippen LogP contribution in [0.1, 0.15) is 69.9 Å². The summed E-state index contributed by atoms with van der Waals surface area (Å²) in [5.74, 6) is -12.3. The van der Waals surface area contributed by atoms with Crippen LogP contribution in [-0.4, -0.2) is 170 Å². The first-order valence-electron chi connectivity index (χ1n) is 23.9. The fraction of sp³-hybridized carbons (Fsp3) is 0.500. The molecule has 2 aromatic carbocycles. The standard InChI is InChI=1S/C48H67N11O15S/c1-25(52-42(67)30(16-17-38(63)64)53-43(68)31(21-27-11-6-4-7-12-27)54-41(66)29(49)18-20-75-3)40(65)56-33(24-37(51)62)47(72)59-19-10-15-35(59)45(70)55-32(23-36(50)61)44(69)58-39(26(2)60)46(71)57-34(48(73)74)22-28-13-8-5-9-14-28/h4-9,11-14,25-26,29-35,39,60H,10,15-24,49H2,1-3H3,(H2,50,61)(H2,51,62)(H,52,67)(H,53,68)(H,54,66)(H,55,70)(H,56,65)(H,57,71)(H,58,69)(H,63,64)(H,73,74). The van der Waals surface area contributed by atoms with Crippen molar-refractivity contribution >= 4 is 82.8 Å².